The summed E-state index contributed by atoms with van der Waals surface area (Å²) >= 11 is 0. The number of hydrogen-bond acceptors (Lipinski definition) is 4. The molecule has 4 nitrogen and oxygen atoms in total. The zero-order valence-electron chi connectivity index (χ0n) is 4.44. The molecule has 1 unspecified atom stereocenters. The van der Waals surface area contributed by atoms with Crippen molar-refractivity contribution in [1.29, 1.82) is 0 Å². The van der Waals surface area contributed by atoms with Crippen LogP contribution in [0.1, 0.15) is 6.92 Å². The van der Waals surface area contributed by atoms with E-state index >= 15 is 0 Å². The summed E-state index contributed by atoms with van der Waals surface area (Å²) in [6.07, 6.45) is -0.182. The predicted octanol–water partition coefficient (Wildman–Crippen LogP) is 0.0839. The fourth-order valence-electron chi connectivity index (χ4n) is 0.497. The molecule has 0 spiro atoms. The lowest BCUT2D eigenvalue weighted by molar-refractivity contribution is 0.198. The van der Waals surface area contributed by atoms with Crippen LogP contribution in [-0.4, -0.2) is 22.5 Å². The van der Waals surface area contributed by atoms with Gasteiger partial charge in [-0.15, -0.1) is 4.52 Å². The molecule has 5 heteroatoms. The van der Waals surface area contributed by atoms with Crippen molar-refractivity contribution in [3.05, 3.63) is 0 Å². The molecule has 0 aromatic carbocycles. The molecule has 1 heterocycles. The van der Waals surface area contributed by atoms with Crippen LogP contribution in [0.4, 0.5) is 0 Å². The van der Waals surface area contributed by atoms with Crippen molar-refractivity contribution >= 4 is 8.17 Å². The zero-order valence-corrected chi connectivity index (χ0v) is 5.34. The van der Waals surface area contributed by atoms with Gasteiger partial charge in [0.1, 0.15) is 12.7 Å². The highest BCUT2D eigenvalue weighted by atomic mass is 31.2. The first-order chi connectivity index (χ1) is 3.60. The molecular formula is C3H8O4P+. The topological polar surface area (TPSA) is 58.9 Å². The summed E-state index contributed by atoms with van der Waals surface area (Å²) in [6.45, 7) is 2.00. The van der Waals surface area contributed by atoms with Gasteiger partial charge in [0.25, 0.3) is 0 Å². The molecule has 0 aromatic heterocycles. The molecule has 1 fully saturated rings. The van der Waals surface area contributed by atoms with E-state index in [0.29, 0.717) is 0 Å². The second-order valence-corrected chi connectivity index (χ2v) is 3.15. The third kappa shape index (κ3) is 1.37. The summed E-state index contributed by atoms with van der Waals surface area (Å²) in [5, 5.41) is 0. The van der Waals surface area contributed by atoms with Gasteiger partial charge in [-0.3, -0.25) is 0 Å². The maximum Gasteiger partial charge on any atom is 0.570 e. The molecule has 0 saturated carbocycles. The van der Waals surface area contributed by atoms with E-state index in [0.717, 1.165) is 0 Å². The van der Waals surface area contributed by atoms with Gasteiger partial charge in [0.15, 0.2) is 0 Å². The zero-order chi connectivity index (χ0) is 6.20. The third-order valence-corrected chi connectivity index (χ3v) is 1.91. The first kappa shape index (κ1) is 6.39. The predicted molar refractivity (Wildman–Crippen MR) is 27.9 cm³/mol. The van der Waals surface area contributed by atoms with E-state index in [-0.39, 0.29) is 12.7 Å². The largest absolute Gasteiger partial charge is 0.570 e. The summed E-state index contributed by atoms with van der Waals surface area (Å²) < 4.78 is 9.00. The Balaban J connectivity index is 2.44. The maximum atomic E-state index is 8.59. The quantitative estimate of drug-likeness (QED) is 0.467. The second-order valence-electron chi connectivity index (χ2n) is 1.70. The first-order valence-electron chi connectivity index (χ1n) is 2.28. The standard InChI is InChI=1S/C3H8O4P/c1-3-2-6-8(4,5)7-3/h3-5H,2H2,1H3/q+1. The molecule has 0 aliphatic carbocycles. The minimum Gasteiger partial charge on any atom is -0.168 e. The molecule has 1 saturated heterocycles. The summed E-state index contributed by atoms with van der Waals surface area (Å²) in [4.78, 5) is 17.2. The Bertz CT molecular complexity index is 93.3. The highest BCUT2D eigenvalue weighted by Gasteiger charge is 2.48. The lowest BCUT2D eigenvalue weighted by Crippen LogP contribution is -2.00. The van der Waals surface area contributed by atoms with Crippen LogP contribution in [0.25, 0.3) is 0 Å². The van der Waals surface area contributed by atoms with Crippen molar-refractivity contribution in [3.8, 4) is 0 Å². The molecule has 0 bridgehead atoms. The van der Waals surface area contributed by atoms with Crippen LogP contribution in [-0.2, 0) is 9.05 Å². The smallest absolute Gasteiger partial charge is 0.168 e. The molecule has 1 atom stereocenters. The van der Waals surface area contributed by atoms with Crippen molar-refractivity contribution in [2.45, 2.75) is 13.0 Å². The molecule has 8 heavy (non-hydrogen) atoms. The van der Waals surface area contributed by atoms with Gasteiger partial charge in [0.05, 0.1) is 0 Å². The molecular weight excluding hydrogens is 131 g/mol. The van der Waals surface area contributed by atoms with Crippen LogP contribution in [0, 0.1) is 0 Å². The van der Waals surface area contributed by atoms with Crippen molar-refractivity contribution in [1.82, 2.24) is 0 Å². The summed E-state index contributed by atoms with van der Waals surface area (Å²) in [5.41, 5.74) is 0. The molecule has 1 aliphatic heterocycles. The third-order valence-electron chi connectivity index (χ3n) is 0.795. The lowest BCUT2D eigenvalue weighted by Gasteiger charge is -1.95. The fraction of sp³-hybridized carbons (Fsp3) is 1.00. The van der Waals surface area contributed by atoms with E-state index in [1.807, 2.05) is 0 Å². The Morgan fingerprint density at radius 1 is 1.62 bits per heavy atom. The molecule has 1 rings (SSSR count). The van der Waals surface area contributed by atoms with Crippen LogP contribution < -0.4 is 0 Å². The van der Waals surface area contributed by atoms with Crippen molar-refractivity contribution in [2.24, 2.45) is 0 Å². The summed E-state index contributed by atoms with van der Waals surface area (Å²) in [5.74, 6) is 0. The van der Waals surface area contributed by atoms with Gasteiger partial charge in [0, 0.05) is 0 Å². The van der Waals surface area contributed by atoms with Crippen LogP contribution in [0.2, 0.25) is 0 Å². The Labute approximate surface area is 47.7 Å². The molecule has 0 aromatic rings. The fourth-order valence-corrected chi connectivity index (χ4v) is 1.49. The van der Waals surface area contributed by atoms with Crippen LogP contribution in [0.3, 0.4) is 0 Å². The normalized spacial score (nSPS) is 35.6. The summed E-state index contributed by atoms with van der Waals surface area (Å²) in [6, 6.07) is 0. The van der Waals surface area contributed by atoms with Crippen LogP contribution in [0.15, 0.2) is 0 Å². The average molecular weight is 139 g/mol. The molecule has 0 radical (unpaired) electrons. The minimum absolute atomic E-state index is 0.182. The van der Waals surface area contributed by atoms with E-state index in [9.17, 15) is 0 Å². The van der Waals surface area contributed by atoms with Crippen molar-refractivity contribution in [3.63, 3.8) is 0 Å². The number of rotatable bonds is 0. The Morgan fingerprint density at radius 3 is 2.38 bits per heavy atom. The Hall–Kier alpha value is 0.270. The molecule has 48 valence electrons. The maximum absolute atomic E-state index is 8.59. The average Bonchev–Trinajstić information content (AvgIpc) is 1.82. The SMILES string of the molecule is CC1CO[P+](O)(O)O1. The lowest BCUT2D eigenvalue weighted by atomic mass is 10.5. The van der Waals surface area contributed by atoms with Crippen molar-refractivity contribution in [2.75, 3.05) is 6.61 Å². The Kier molecular flexibility index (Phi) is 1.52. The highest BCUT2D eigenvalue weighted by molar-refractivity contribution is 7.54. The van der Waals surface area contributed by atoms with E-state index in [4.69, 9.17) is 9.79 Å². The van der Waals surface area contributed by atoms with E-state index in [1.165, 1.54) is 0 Å². The van der Waals surface area contributed by atoms with E-state index in [2.05, 4.69) is 9.05 Å². The molecule has 1 aliphatic rings. The van der Waals surface area contributed by atoms with E-state index < -0.39 is 8.17 Å². The summed E-state index contributed by atoms with van der Waals surface area (Å²) in [7, 11) is -3.35. The second kappa shape index (κ2) is 1.90. The van der Waals surface area contributed by atoms with Gasteiger partial charge in [0.2, 0.25) is 0 Å². The van der Waals surface area contributed by atoms with Crippen LogP contribution >= 0.6 is 8.17 Å². The molecule has 2 N–H and O–H groups in total. The Morgan fingerprint density at radius 2 is 2.25 bits per heavy atom. The van der Waals surface area contributed by atoms with Gasteiger partial charge in [-0.25, -0.2) is 0 Å². The highest BCUT2D eigenvalue weighted by Crippen LogP contribution is 2.57. The van der Waals surface area contributed by atoms with Gasteiger partial charge in [-0.1, -0.05) is 0 Å². The minimum atomic E-state index is -3.35. The molecule has 0 amide bonds. The first-order valence-corrected chi connectivity index (χ1v) is 3.81. The monoisotopic (exact) mass is 139 g/mol. The van der Waals surface area contributed by atoms with Gasteiger partial charge < -0.3 is 0 Å². The number of hydrogen-bond donors (Lipinski definition) is 2. The van der Waals surface area contributed by atoms with Crippen molar-refractivity contribution < 1.29 is 18.8 Å². The van der Waals surface area contributed by atoms with Gasteiger partial charge in [-0.05, 0) is 6.92 Å². The van der Waals surface area contributed by atoms with Gasteiger partial charge >= 0.3 is 8.17 Å². The van der Waals surface area contributed by atoms with Crippen LogP contribution in [0.5, 0.6) is 0 Å². The van der Waals surface area contributed by atoms with Gasteiger partial charge in [-0.2, -0.15) is 14.3 Å². The van der Waals surface area contributed by atoms with E-state index in [1.54, 1.807) is 6.92 Å².